The van der Waals surface area contributed by atoms with Crippen LogP contribution in [0.1, 0.15) is 44.1 Å². The van der Waals surface area contributed by atoms with Gasteiger partial charge in [-0.3, -0.25) is 4.68 Å². The van der Waals surface area contributed by atoms with E-state index in [1.165, 1.54) is 0 Å². The minimum absolute atomic E-state index is 0.147. The highest BCUT2D eigenvalue weighted by atomic mass is 16.5. The standard InChI is InChI=1S/C16H24N4O/c1-5-17-15(14-7-6-9-18-16(14)21-4)11-13-8-10-20(19-13)12(2)3/h6-10,12,15,17H,5,11H2,1-4H3. The lowest BCUT2D eigenvalue weighted by atomic mass is 10.0. The average Bonchev–Trinajstić information content (AvgIpc) is 2.95. The Labute approximate surface area is 126 Å². The van der Waals surface area contributed by atoms with Crippen LogP contribution in [0.2, 0.25) is 0 Å². The van der Waals surface area contributed by atoms with Crippen molar-refractivity contribution in [2.24, 2.45) is 0 Å². The second-order valence-electron chi connectivity index (χ2n) is 5.30. The summed E-state index contributed by atoms with van der Waals surface area (Å²) in [5, 5.41) is 8.12. The predicted octanol–water partition coefficient (Wildman–Crippen LogP) is 2.76. The van der Waals surface area contributed by atoms with Gasteiger partial charge in [-0.1, -0.05) is 13.0 Å². The molecule has 0 radical (unpaired) electrons. The molecule has 2 aromatic rings. The van der Waals surface area contributed by atoms with Crippen molar-refractivity contribution in [2.75, 3.05) is 13.7 Å². The van der Waals surface area contributed by atoms with E-state index < -0.39 is 0 Å². The highest BCUT2D eigenvalue weighted by molar-refractivity contribution is 5.30. The Balaban J connectivity index is 2.22. The van der Waals surface area contributed by atoms with Crippen molar-refractivity contribution in [1.29, 1.82) is 0 Å². The fourth-order valence-corrected chi connectivity index (χ4v) is 2.36. The van der Waals surface area contributed by atoms with E-state index in [2.05, 4.69) is 48.3 Å². The summed E-state index contributed by atoms with van der Waals surface area (Å²) in [7, 11) is 1.66. The summed E-state index contributed by atoms with van der Waals surface area (Å²) in [4.78, 5) is 4.29. The lowest BCUT2D eigenvalue weighted by Crippen LogP contribution is -2.24. The van der Waals surface area contributed by atoms with Crippen LogP contribution >= 0.6 is 0 Å². The van der Waals surface area contributed by atoms with Gasteiger partial charge in [0, 0.05) is 36.5 Å². The Morgan fingerprint density at radius 3 is 2.76 bits per heavy atom. The molecule has 114 valence electrons. The second-order valence-corrected chi connectivity index (χ2v) is 5.30. The SMILES string of the molecule is CCNC(Cc1ccn(C(C)C)n1)c1cccnc1OC. The third-order valence-corrected chi connectivity index (χ3v) is 3.43. The molecule has 0 aliphatic carbocycles. The van der Waals surface area contributed by atoms with Crippen molar-refractivity contribution in [3.8, 4) is 5.88 Å². The van der Waals surface area contributed by atoms with Crippen LogP contribution in [0.3, 0.4) is 0 Å². The molecule has 0 aliphatic heterocycles. The number of nitrogens with one attached hydrogen (secondary N) is 1. The lowest BCUT2D eigenvalue weighted by molar-refractivity contribution is 0.382. The van der Waals surface area contributed by atoms with E-state index >= 15 is 0 Å². The number of pyridine rings is 1. The maximum Gasteiger partial charge on any atom is 0.217 e. The zero-order valence-electron chi connectivity index (χ0n) is 13.2. The predicted molar refractivity (Wildman–Crippen MR) is 83.5 cm³/mol. The van der Waals surface area contributed by atoms with Gasteiger partial charge in [-0.15, -0.1) is 0 Å². The van der Waals surface area contributed by atoms with Crippen LogP contribution in [0.4, 0.5) is 0 Å². The number of hydrogen-bond acceptors (Lipinski definition) is 4. The molecule has 1 N–H and O–H groups in total. The van der Waals surface area contributed by atoms with Gasteiger partial charge in [0.15, 0.2) is 0 Å². The van der Waals surface area contributed by atoms with Gasteiger partial charge in [-0.25, -0.2) is 4.98 Å². The number of nitrogens with zero attached hydrogens (tertiary/aromatic N) is 3. The number of rotatable bonds is 7. The van der Waals surface area contributed by atoms with Crippen molar-refractivity contribution >= 4 is 0 Å². The molecule has 0 saturated heterocycles. The van der Waals surface area contributed by atoms with Crippen molar-refractivity contribution in [1.82, 2.24) is 20.1 Å². The van der Waals surface area contributed by atoms with Crippen molar-refractivity contribution in [3.05, 3.63) is 41.9 Å². The molecule has 0 spiro atoms. The Bertz CT molecular complexity index is 565. The van der Waals surface area contributed by atoms with Gasteiger partial charge >= 0.3 is 0 Å². The summed E-state index contributed by atoms with van der Waals surface area (Å²) in [6, 6.07) is 6.60. The van der Waals surface area contributed by atoms with Gasteiger partial charge in [0.05, 0.1) is 12.8 Å². The number of ether oxygens (including phenoxy) is 1. The van der Waals surface area contributed by atoms with Crippen LogP contribution in [0.15, 0.2) is 30.6 Å². The molecule has 1 atom stereocenters. The minimum atomic E-state index is 0.147. The summed E-state index contributed by atoms with van der Waals surface area (Å²) in [6.45, 7) is 7.24. The second kappa shape index (κ2) is 7.22. The molecule has 2 heterocycles. The first-order valence-corrected chi connectivity index (χ1v) is 7.42. The molecular weight excluding hydrogens is 264 g/mol. The molecule has 5 heteroatoms. The normalized spacial score (nSPS) is 12.6. The summed E-state index contributed by atoms with van der Waals surface area (Å²) in [5.41, 5.74) is 2.14. The van der Waals surface area contributed by atoms with E-state index in [0.29, 0.717) is 11.9 Å². The lowest BCUT2D eigenvalue weighted by Gasteiger charge is -2.19. The Hall–Kier alpha value is -1.88. The zero-order chi connectivity index (χ0) is 15.2. The van der Waals surface area contributed by atoms with Crippen LogP contribution in [0.25, 0.3) is 0 Å². The molecule has 0 fully saturated rings. The van der Waals surface area contributed by atoms with Crippen LogP contribution in [-0.2, 0) is 6.42 Å². The quantitative estimate of drug-likeness (QED) is 0.851. The molecule has 0 bridgehead atoms. The number of likely N-dealkylation sites (N-methyl/N-ethyl adjacent to an activating group) is 1. The summed E-state index contributed by atoms with van der Waals surface area (Å²) in [6.07, 6.45) is 4.60. The molecule has 1 unspecified atom stereocenters. The van der Waals surface area contributed by atoms with Crippen molar-refractivity contribution in [2.45, 2.75) is 39.3 Å². The molecule has 0 saturated carbocycles. The third kappa shape index (κ3) is 3.82. The number of methoxy groups -OCH3 is 1. The van der Waals surface area contributed by atoms with Gasteiger partial charge in [-0.2, -0.15) is 5.10 Å². The molecule has 0 aliphatic rings. The molecule has 2 aromatic heterocycles. The summed E-state index contributed by atoms with van der Waals surface area (Å²) < 4.78 is 7.36. The Kier molecular flexibility index (Phi) is 5.33. The van der Waals surface area contributed by atoms with E-state index in [1.807, 2.05) is 16.9 Å². The topological polar surface area (TPSA) is 52.0 Å². The van der Waals surface area contributed by atoms with Crippen molar-refractivity contribution in [3.63, 3.8) is 0 Å². The fraction of sp³-hybridized carbons (Fsp3) is 0.500. The Morgan fingerprint density at radius 1 is 1.33 bits per heavy atom. The third-order valence-electron chi connectivity index (χ3n) is 3.43. The maximum absolute atomic E-state index is 5.38. The largest absolute Gasteiger partial charge is 0.481 e. The van der Waals surface area contributed by atoms with Crippen LogP contribution in [0.5, 0.6) is 5.88 Å². The van der Waals surface area contributed by atoms with E-state index in [1.54, 1.807) is 13.3 Å². The first-order valence-electron chi connectivity index (χ1n) is 7.42. The van der Waals surface area contributed by atoms with E-state index in [-0.39, 0.29) is 6.04 Å². The monoisotopic (exact) mass is 288 g/mol. The molecule has 5 nitrogen and oxygen atoms in total. The summed E-state index contributed by atoms with van der Waals surface area (Å²) >= 11 is 0. The number of hydrogen-bond donors (Lipinski definition) is 1. The molecule has 0 aromatic carbocycles. The van der Waals surface area contributed by atoms with Gasteiger partial charge in [0.1, 0.15) is 0 Å². The van der Waals surface area contributed by atoms with Crippen LogP contribution in [-0.4, -0.2) is 28.4 Å². The van der Waals surface area contributed by atoms with E-state index in [0.717, 1.165) is 24.2 Å². The van der Waals surface area contributed by atoms with E-state index in [4.69, 9.17) is 4.74 Å². The van der Waals surface area contributed by atoms with E-state index in [9.17, 15) is 0 Å². The summed E-state index contributed by atoms with van der Waals surface area (Å²) in [5.74, 6) is 0.673. The highest BCUT2D eigenvalue weighted by Gasteiger charge is 2.18. The van der Waals surface area contributed by atoms with Crippen LogP contribution in [0, 0.1) is 0 Å². The molecule has 2 rings (SSSR count). The van der Waals surface area contributed by atoms with Gasteiger partial charge < -0.3 is 10.1 Å². The van der Waals surface area contributed by atoms with Crippen molar-refractivity contribution < 1.29 is 4.74 Å². The number of aromatic nitrogens is 3. The molecule has 0 amide bonds. The zero-order valence-corrected chi connectivity index (χ0v) is 13.2. The smallest absolute Gasteiger partial charge is 0.217 e. The minimum Gasteiger partial charge on any atom is -0.481 e. The highest BCUT2D eigenvalue weighted by Crippen LogP contribution is 2.25. The van der Waals surface area contributed by atoms with Gasteiger partial charge in [-0.05, 0) is 32.5 Å². The maximum atomic E-state index is 5.38. The first kappa shape index (κ1) is 15.5. The molecule has 21 heavy (non-hydrogen) atoms. The average molecular weight is 288 g/mol. The van der Waals surface area contributed by atoms with Gasteiger partial charge in [0.2, 0.25) is 5.88 Å². The first-order chi connectivity index (χ1) is 10.2. The van der Waals surface area contributed by atoms with Gasteiger partial charge in [0.25, 0.3) is 0 Å². The van der Waals surface area contributed by atoms with Crippen LogP contribution < -0.4 is 10.1 Å². The molecular formula is C16H24N4O. The fourth-order valence-electron chi connectivity index (χ4n) is 2.36. The Morgan fingerprint density at radius 2 is 2.14 bits per heavy atom.